The lowest BCUT2D eigenvalue weighted by Crippen LogP contribution is -2.40. The van der Waals surface area contributed by atoms with Crippen LogP contribution in [0.5, 0.6) is 0 Å². The quantitative estimate of drug-likeness (QED) is 0.798. The third-order valence-corrected chi connectivity index (χ3v) is 3.12. The van der Waals surface area contributed by atoms with E-state index in [9.17, 15) is 14.4 Å². The Hall–Kier alpha value is -1.76. The monoisotopic (exact) mass is 311 g/mol. The first-order valence-corrected chi connectivity index (χ1v) is 6.01. The van der Waals surface area contributed by atoms with Gasteiger partial charge in [0, 0.05) is 17.7 Å². The smallest absolute Gasteiger partial charge is 0.270 e. The average molecular weight is 312 g/mol. The number of nitrogens with one attached hydrogen (secondary N) is 1. The highest BCUT2D eigenvalue weighted by Gasteiger charge is 2.37. The van der Waals surface area contributed by atoms with E-state index in [1.54, 1.807) is 6.07 Å². The molecule has 3 amide bonds. The lowest BCUT2D eigenvalue weighted by atomic mass is 10.2. The maximum Gasteiger partial charge on any atom is 0.270 e. The van der Waals surface area contributed by atoms with E-state index in [4.69, 9.17) is 0 Å². The summed E-state index contributed by atoms with van der Waals surface area (Å²) in [6.45, 7) is 0. The summed E-state index contributed by atoms with van der Waals surface area (Å²) in [7, 11) is 1.40. The van der Waals surface area contributed by atoms with Gasteiger partial charge in [-0.25, -0.2) is 4.98 Å². The molecule has 18 heavy (non-hydrogen) atoms. The van der Waals surface area contributed by atoms with Gasteiger partial charge in [-0.05, 0) is 28.1 Å². The van der Waals surface area contributed by atoms with Gasteiger partial charge >= 0.3 is 0 Å². The number of carbonyl (C=O) groups excluding carboxylic acids is 3. The fourth-order valence-electron chi connectivity index (χ4n) is 1.61. The van der Waals surface area contributed by atoms with Crippen molar-refractivity contribution in [1.82, 2.24) is 15.2 Å². The number of likely N-dealkylation sites (tertiary alicyclic amines) is 1. The molecule has 1 aliphatic rings. The van der Waals surface area contributed by atoms with Crippen molar-refractivity contribution < 1.29 is 14.4 Å². The Bertz CT molecular complexity index is 515. The van der Waals surface area contributed by atoms with E-state index < -0.39 is 17.9 Å². The summed E-state index contributed by atoms with van der Waals surface area (Å²) in [6.07, 6.45) is 1.49. The van der Waals surface area contributed by atoms with E-state index in [1.807, 2.05) is 0 Å². The predicted molar refractivity (Wildman–Crippen MR) is 65.6 cm³/mol. The lowest BCUT2D eigenvalue weighted by molar-refractivity contribution is -0.137. The minimum Gasteiger partial charge on any atom is -0.338 e. The number of imide groups is 1. The highest BCUT2D eigenvalue weighted by Crippen LogP contribution is 2.12. The molecule has 7 heteroatoms. The zero-order valence-electron chi connectivity index (χ0n) is 9.51. The summed E-state index contributed by atoms with van der Waals surface area (Å²) in [4.78, 5) is 39.6. The van der Waals surface area contributed by atoms with Crippen LogP contribution in [0.25, 0.3) is 0 Å². The largest absolute Gasteiger partial charge is 0.338 e. The molecule has 1 unspecified atom stereocenters. The molecule has 1 N–H and O–H groups in total. The minimum absolute atomic E-state index is 0.00238. The molecule has 1 aromatic heterocycles. The van der Waals surface area contributed by atoms with Crippen molar-refractivity contribution in [3.8, 4) is 0 Å². The zero-order chi connectivity index (χ0) is 13.3. The Morgan fingerprint density at radius 3 is 2.72 bits per heavy atom. The second kappa shape index (κ2) is 4.85. The van der Waals surface area contributed by atoms with Gasteiger partial charge in [0.25, 0.3) is 11.8 Å². The van der Waals surface area contributed by atoms with Crippen LogP contribution in [0.3, 0.4) is 0 Å². The van der Waals surface area contributed by atoms with Crippen molar-refractivity contribution in [2.24, 2.45) is 0 Å². The fraction of sp³-hybridized carbons (Fsp3) is 0.273. The molecule has 1 atom stereocenters. The highest BCUT2D eigenvalue weighted by molar-refractivity contribution is 9.10. The van der Waals surface area contributed by atoms with Crippen LogP contribution in [0.15, 0.2) is 22.8 Å². The number of hydrogen-bond acceptors (Lipinski definition) is 4. The molecule has 94 valence electrons. The number of carbonyl (C=O) groups is 3. The molecule has 1 aliphatic heterocycles. The molecular formula is C11H10BrN3O3. The Morgan fingerprint density at radius 1 is 1.50 bits per heavy atom. The fourth-order valence-corrected chi connectivity index (χ4v) is 1.85. The summed E-state index contributed by atoms with van der Waals surface area (Å²) in [5, 5.41) is 2.50. The summed E-state index contributed by atoms with van der Waals surface area (Å²) in [6, 6.07) is 2.42. The molecule has 1 aromatic rings. The molecule has 2 rings (SSSR count). The van der Waals surface area contributed by atoms with Crippen molar-refractivity contribution in [2.75, 3.05) is 7.05 Å². The summed E-state index contributed by atoms with van der Waals surface area (Å²) < 4.78 is 0.755. The first-order valence-electron chi connectivity index (χ1n) is 5.22. The molecule has 0 radical (unpaired) electrons. The second-order valence-corrected chi connectivity index (χ2v) is 4.80. The zero-order valence-corrected chi connectivity index (χ0v) is 11.1. The number of aromatic nitrogens is 1. The van der Waals surface area contributed by atoms with Crippen molar-refractivity contribution in [3.05, 3.63) is 28.5 Å². The van der Waals surface area contributed by atoms with E-state index in [2.05, 4.69) is 26.2 Å². The maximum absolute atomic E-state index is 11.8. The van der Waals surface area contributed by atoms with Gasteiger partial charge in [-0.15, -0.1) is 0 Å². The van der Waals surface area contributed by atoms with Gasteiger partial charge in [0.05, 0.1) is 6.42 Å². The third-order valence-electron chi connectivity index (χ3n) is 2.65. The van der Waals surface area contributed by atoms with Crippen LogP contribution in [0, 0.1) is 0 Å². The normalized spacial score (nSPS) is 19.2. The van der Waals surface area contributed by atoms with Crippen LogP contribution in [-0.2, 0) is 9.59 Å². The predicted octanol–water partition coefficient (Wildman–Crippen LogP) is 0.331. The minimum atomic E-state index is -0.791. The number of halogens is 1. The van der Waals surface area contributed by atoms with Crippen LogP contribution in [0.2, 0.25) is 0 Å². The first-order chi connectivity index (χ1) is 8.49. The summed E-state index contributed by atoms with van der Waals surface area (Å²) >= 11 is 3.21. The van der Waals surface area contributed by atoms with Crippen LogP contribution in [0.1, 0.15) is 16.9 Å². The summed E-state index contributed by atoms with van der Waals surface area (Å²) in [5.41, 5.74) is 0.202. The van der Waals surface area contributed by atoms with Gasteiger partial charge in [0.15, 0.2) is 0 Å². The Balaban J connectivity index is 2.06. The third kappa shape index (κ3) is 2.40. The molecule has 0 bridgehead atoms. The van der Waals surface area contributed by atoms with Crippen LogP contribution >= 0.6 is 15.9 Å². The molecule has 0 spiro atoms. The highest BCUT2D eigenvalue weighted by atomic mass is 79.9. The van der Waals surface area contributed by atoms with Gasteiger partial charge in [-0.1, -0.05) is 0 Å². The van der Waals surface area contributed by atoms with E-state index in [1.165, 1.54) is 19.3 Å². The van der Waals surface area contributed by atoms with Crippen LogP contribution < -0.4 is 5.32 Å². The molecule has 2 heterocycles. The van der Waals surface area contributed by atoms with Crippen molar-refractivity contribution in [3.63, 3.8) is 0 Å². The van der Waals surface area contributed by atoms with Gasteiger partial charge in [0.1, 0.15) is 11.7 Å². The van der Waals surface area contributed by atoms with E-state index in [0.29, 0.717) is 0 Å². The molecule has 0 saturated carbocycles. The molecule has 1 saturated heterocycles. The van der Waals surface area contributed by atoms with E-state index in [-0.39, 0.29) is 18.0 Å². The molecule has 6 nitrogen and oxygen atoms in total. The molecule has 0 aliphatic carbocycles. The van der Waals surface area contributed by atoms with Crippen LogP contribution in [-0.4, -0.2) is 40.7 Å². The van der Waals surface area contributed by atoms with Crippen molar-refractivity contribution in [2.45, 2.75) is 12.5 Å². The average Bonchev–Trinajstić information content (AvgIpc) is 2.58. The number of amides is 3. The molecule has 1 fully saturated rings. The number of rotatable bonds is 2. The standard InChI is InChI=1S/C11H10BrN3O3/c1-15-9(16)4-8(11(15)18)14-10(17)7-3-2-6(12)5-13-7/h2-3,5,8H,4H2,1H3,(H,14,17). The number of hydrogen-bond donors (Lipinski definition) is 1. The number of nitrogens with zero attached hydrogens (tertiary/aromatic N) is 2. The Kier molecular flexibility index (Phi) is 3.42. The van der Waals surface area contributed by atoms with Crippen molar-refractivity contribution in [1.29, 1.82) is 0 Å². The topological polar surface area (TPSA) is 79.4 Å². The van der Waals surface area contributed by atoms with Gasteiger partial charge < -0.3 is 5.32 Å². The Labute approximate surface area is 111 Å². The van der Waals surface area contributed by atoms with E-state index in [0.717, 1.165) is 9.37 Å². The second-order valence-electron chi connectivity index (χ2n) is 3.88. The van der Waals surface area contributed by atoms with Crippen molar-refractivity contribution >= 4 is 33.7 Å². The lowest BCUT2D eigenvalue weighted by Gasteiger charge is -2.10. The SMILES string of the molecule is CN1C(=O)CC(NC(=O)c2ccc(Br)cn2)C1=O. The van der Waals surface area contributed by atoms with Gasteiger partial charge in [0.2, 0.25) is 5.91 Å². The molecular weight excluding hydrogens is 302 g/mol. The van der Waals surface area contributed by atoms with Gasteiger partial charge in [-0.3, -0.25) is 19.3 Å². The van der Waals surface area contributed by atoms with Crippen LogP contribution in [0.4, 0.5) is 0 Å². The van der Waals surface area contributed by atoms with E-state index >= 15 is 0 Å². The Morgan fingerprint density at radius 2 is 2.22 bits per heavy atom. The summed E-state index contributed by atoms with van der Waals surface area (Å²) in [5.74, 6) is -1.16. The number of pyridine rings is 1. The van der Waals surface area contributed by atoms with Gasteiger partial charge in [-0.2, -0.15) is 0 Å². The maximum atomic E-state index is 11.8. The number of likely N-dealkylation sites (N-methyl/N-ethyl adjacent to an activating group) is 1. The first kappa shape index (κ1) is 12.7. The molecule has 0 aromatic carbocycles.